The Balaban J connectivity index is 4.07. The zero-order valence-electron chi connectivity index (χ0n) is 6.24. The summed E-state index contributed by atoms with van der Waals surface area (Å²) in [6.45, 7) is -0.760. The molecular weight excluding hydrogens is 169 g/mol. The van der Waals surface area contributed by atoms with Crippen LogP contribution in [0.3, 0.4) is 0 Å². The van der Waals surface area contributed by atoms with Gasteiger partial charge in [0.1, 0.15) is 24.4 Å². The fourth-order valence-electron chi connectivity index (χ4n) is 0.618. The molecule has 0 aromatic carbocycles. The third-order valence-electron chi connectivity index (χ3n) is 1.42. The van der Waals surface area contributed by atoms with Crippen LogP contribution in [0, 0.1) is 0 Å². The van der Waals surface area contributed by atoms with Gasteiger partial charge in [0.25, 0.3) is 0 Å². The van der Waals surface area contributed by atoms with E-state index in [4.69, 9.17) is 25.5 Å². The van der Waals surface area contributed by atoms with Crippen molar-refractivity contribution in [1.82, 2.24) is 0 Å². The van der Waals surface area contributed by atoms with Crippen molar-refractivity contribution in [2.24, 2.45) is 0 Å². The van der Waals surface area contributed by atoms with Crippen molar-refractivity contribution < 1.29 is 30.3 Å². The highest BCUT2D eigenvalue weighted by molar-refractivity contribution is 5.56. The first-order valence-electron chi connectivity index (χ1n) is 3.33. The maximum Gasteiger partial charge on any atom is 0.151 e. The Bertz CT molecular complexity index is 138. The first-order valence-corrected chi connectivity index (χ1v) is 3.33. The molecule has 0 rings (SSSR count). The number of hydrogen-bond donors (Lipinski definition) is 5. The Morgan fingerprint density at radius 2 is 1.58 bits per heavy atom. The summed E-state index contributed by atoms with van der Waals surface area (Å²) < 4.78 is 0. The molecular formula is C6H12O6. The Hall–Kier alpha value is -0.530. The maximum absolute atomic E-state index is 9.90. The van der Waals surface area contributed by atoms with Gasteiger partial charge in [-0.25, -0.2) is 0 Å². The summed E-state index contributed by atoms with van der Waals surface area (Å²) in [6.07, 6.45) is -6.84. The number of carbonyl (C=O) groups excluding carboxylic acids is 1. The highest BCUT2D eigenvalue weighted by Gasteiger charge is 2.29. The highest BCUT2D eigenvalue weighted by Crippen LogP contribution is 2.02. The van der Waals surface area contributed by atoms with Gasteiger partial charge in [0.05, 0.1) is 6.61 Å². The molecule has 6 heteroatoms. The fourth-order valence-corrected chi connectivity index (χ4v) is 0.618. The lowest BCUT2D eigenvalue weighted by molar-refractivity contribution is -0.136. The van der Waals surface area contributed by atoms with Gasteiger partial charge in [-0.3, -0.25) is 0 Å². The quantitative estimate of drug-likeness (QED) is 0.223. The van der Waals surface area contributed by atoms with Crippen LogP contribution in [0.1, 0.15) is 0 Å². The Kier molecular flexibility index (Phi) is 4.95. The monoisotopic (exact) mass is 181 g/mol. The lowest BCUT2D eigenvalue weighted by Gasteiger charge is -2.22. The minimum absolute atomic E-state index is 0.0258. The van der Waals surface area contributed by atoms with Crippen LogP contribution in [-0.2, 0) is 4.79 Å². The SMILES string of the molecule is O=C[13C@H](O)[C@H](O)[C@@H](O)[C@H](O)CO. The first kappa shape index (κ1) is 11.5. The highest BCUT2D eigenvalue weighted by atomic mass is 16.4. The molecule has 0 aliphatic rings. The van der Waals surface area contributed by atoms with Gasteiger partial charge >= 0.3 is 0 Å². The lowest BCUT2D eigenvalue weighted by atomic mass is 10.1. The molecule has 4 atom stereocenters. The fraction of sp³-hybridized carbons (Fsp3) is 0.833. The standard InChI is InChI=1S/C6H12O6/c7-1-3(9)5(11)6(12)4(10)2-8/h1,3-6,8-12H,2H2/t3-,4+,5-,6-/m0/s1/i3+1. The molecule has 0 unspecified atom stereocenters. The Morgan fingerprint density at radius 1 is 1.08 bits per heavy atom. The Labute approximate surface area is 68.7 Å². The normalized spacial score (nSPS) is 21.1. The number of carbonyl (C=O) groups is 1. The van der Waals surface area contributed by atoms with Gasteiger partial charge in [0.2, 0.25) is 0 Å². The topological polar surface area (TPSA) is 118 Å². The molecule has 5 N–H and O–H groups in total. The zero-order valence-corrected chi connectivity index (χ0v) is 6.24. The molecule has 0 amide bonds. The van der Waals surface area contributed by atoms with Gasteiger partial charge in [0, 0.05) is 0 Å². The van der Waals surface area contributed by atoms with E-state index in [0.29, 0.717) is 0 Å². The number of hydrogen-bond acceptors (Lipinski definition) is 6. The number of aldehydes is 1. The zero-order chi connectivity index (χ0) is 9.72. The molecule has 0 heterocycles. The molecule has 0 fully saturated rings. The van der Waals surface area contributed by atoms with E-state index >= 15 is 0 Å². The molecule has 0 aliphatic heterocycles. The largest absolute Gasteiger partial charge is 0.394 e. The van der Waals surface area contributed by atoms with Crippen LogP contribution in [0.25, 0.3) is 0 Å². The predicted octanol–water partition coefficient (Wildman–Crippen LogP) is -3.38. The van der Waals surface area contributed by atoms with E-state index in [0.717, 1.165) is 0 Å². The summed E-state index contributed by atoms with van der Waals surface area (Å²) in [7, 11) is 0. The van der Waals surface area contributed by atoms with Gasteiger partial charge in [-0.15, -0.1) is 0 Å². The van der Waals surface area contributed by atoms with Crippen LogP contribution in [0.15, 0.2) is 0 Å². The van der Waals surface area contributed by atoms with Crippen molar-refractivity contribution in [3.63, 3.8) is 0 Å². The molecule has 0 saturated heterocycles. The van der Waals surface area contributed by atoms with Crippen molar-refractivity contribution in [2.45, 2.75) is 24.4 Å². The van der Waals surface area contributed by atoms with Gasteiger partial charge in [-0.1, -0.05) is 0 Å². The molecule has 0 aromatic heterocycles. The van der Waals surface area contributed by atoms with Crippen molar-refractivity contribution in [2.75, 3.05) is 6.61 Å². The second-order valence-electron chi connectivity index (χ2n) is 2.36. The third kappa shape index (κ3) is 2.84. The van der Waals surface area contributed by atoms with Crippen LogP contribution in [0.4, 0.5) is 0 Å². The number of aliphatic hydroxyl groups excluding tert-OH is 5. The number of rotatable bonds is 5. The summed E-state index contributed by atoms with van der Waals surface area (Å²) in [5.74, 6) is 0. The average Bonchev–Trinajstić information content (AvgIpc) is 2.12. The first-order chi connectivity index (χ1) is 5.54. The molecule has 72 valence electrons. The van der Waals surface area contributed by atoms with E-state index in [1.165, 1.54) is 0 Å². The van der Waals surface area contributed by atoms with E-state index in [2.05, 4.69) is 0 Å². The lowest BCUT2D eigenvalue weighted by Crippen LogP contribution is -2.46. The van der Waals surface area contributed by atoms with E-state index in [1.54, 1.807) is 0 Å². The van der Waals surface area contributed by atoms with Crippen LogP contribution < -0.4 is 0 Å². The van der Waals surface area contributed by atoms with Crippen LogP contribution in [-0.4, -0.2) is 62.8 Å². The summed E-state index contributed by atoms with van der Waals surface area (Å²) in [5, 5.41) is 43.5. The third-order valence-corrected chi connectivity index (χ3v) is 1.42. The summed E-state index contributed by atoms with van der Waals surface area (Å²) >= 11 is 0. The smallest absolute Gasteiger partial charge is 0.151 e. The second-order valence-corrected chi connectivity index (χ2v) is 2.36. The minimum atomic E-state index is -1.79. The van der Waals surface area contributed by atoms with E-state index in [9.17, 15) is 4.79 Å². The van der Waals surface area contributed by atoms with E-state index < -0.39 is 31.0 Å². The summed E-state index contributed by atoms with van der Waals surface area (Å²) in [6, 6.07) is 0. The van der Waals surface area contributed by atoms with Gasteiger partial charge in [0.15, 0.2) is 6.29 Å². The van der Waals surface area contributed by atoms with Crippen molar-refractivity contribution in [1.29, 1.82) is 0 Å². The molecule has 0 radical (unpaired) electrons. The molecule has 12 heavy (non-hydrogen) atoms. The molecule has 0 bridgehead atoms. The molecule has 0 aliphatic carbocycles. The average molecular weight is 181 g/mol. The molecule has 6 nitrogen and oxygen atoms in total. The van der Waals surface area contributed by atoms with Crippen molar-refractivity contribution >= 4 is 6.29 Å². The number of aliphatic hydroxyl groups is 5. The van der Waals surface area contributed by atoms with E-state index in [-0.39, 0.29) is 6.29 Å². The maximum atomic E-state index is 9.90. The molecule has 0 aromatic rings. The van der Waals surface area contributed by atoms with E-state index in [1.807, 2.05) is 0 Å². The van der Waals surface area contributed by atoms with Crippen molar-refractivity contribution in [3.05, 3.63) is 0 Å². The van der Waals surface area contributed by atoms with Crippen LogP contribution >= 0.6 is 0 Å². The van der Waals surface area contributed by atoms with Gasteiger partial charge in [-0.2, -0.15) is 0 Å². The van der Waals surface area contributed by atoms with Crippen LogP contribution in [0.2, 0.25) is 0 Å². The van der Waals surface area contributed by atoms with Crippen LogP contribution in [0.5, 0.6) is 0 Å². The predicted molar refractivity (Wildman–Crippen MR) is 37.2 cm³/mol. The van der Waals surface area contributed by atoms with Gasteiger partial charge < -0.3 is 30.3 Å². The molecule has 0 spiro atoms. The summed E-state index contributed by atoms with van der Waals surface area (Å²) in [4.78, 5) is 9.90. The minimum Gasteiger partial charge on any atom is -0.394 e. The van der Waals surface area contributed by atoms with Gasteiger partial charge in [-0.05, 0) is 0 Å². The Morgan fingerprint density at radius 3 is 1.92 bits per heavy atom. The molecule has 0 saturated carbocycles. The second kappa shape index (κ2) is 5.18. The van der Waals surface area contributed by atoms with Crippen molar-refractivity contribution in [3.8, 4) is 0 Å². The summed E-state index contributed by atoms with van der Waals surface area (Å²) in [5.41, 5.74) is 0.